The standard InChI is InChI=1S/C9H16N4O2S/c1-7-5-10-3-4-13(7)16(14,15)9-6-11-8(2)12-9/h6-7,10H,3-5H2,1-2H3,(H,11,12). The van der Waals surface area contributed by atoms with Crippen molar-refractivity contribution in [1.29, 1.82) is 0 Å². The van der Waals surface area contributed by atoms with Gasteiger partial charge in [0.05, 0.1) is 6.20 Å². The summed E-state index contributed by atoms with van der Waals surface area (Å²) in [5.41, 5.74) is 0. The summed E-state index contributed by atoms with van der Waals surface area (Å²) in [5.74, 6) is 0.612. The Balaban J connectivity index is 2.31. The van der Waals surface area contributed by atoms with Crippen molar-refractivity contribution in [1.82, 2.24) is 19.6 Å². The molecule has 0 bridgehead atoms. The highest BCUT2D eigenvalue weighted by atomic mass is 32.2. The largest absolute Gasteiger partial charge is 0.332 e. The van der Waals surface area contributed by atoms with Crippen LogP contribution in [0, 0.1) is 6.92 Å². The molecule has 6 nitrogen and oxygen atoms in total. The van der Waals surface area contributed by atoms with Crippen molar-refractivity contribution < 1.29 is 8.42 Å². The molecule has 1 aromatic heterocycles. The first-order valence-electron chi connectivity index (χ1n) is 5.26. The van der Waals surface area contributed by atoms with Gasteiger partial charge in [0.1, 0.15) is 5.82 Å². The van der Waals surface area contributed by atoms with Crippen LogP contribution < -0.4 is 5.32 Å². The molecule has 2 rings (SSSR count). The van der Waals surface area contributed by atoms with Crippen LogP contribution in [-0.2, 0) is 10.0 Å². The van der Waals surface area contributed by atoms with Crippen molar-refractivity contribution in [2.24, 2.45) is 0 Å². The molecule has 0 radical (unpaired) electrons. The summed E-state index contributed by atoms with van der Waals surface area (Å²) in [6, 6.07) is -0.0256. The molecular formula is C9H16N4O2S. The van der Waals surface area contributed by atoms with Gasteiger partial charge in [-0.15, -0.1) is 0 Å². The van der Waals surface area contributed by atoms with Gasteiger partial charge in [-0.05, 0) is 13.8 Å². The van der Waals surface area contributed by atoms with Crippen molar-refractivity contribution in [2.45, 2.75) is 24.9 Å². The fourth-order valence-corrected chi connectivity index (χ4v) is 3.43. The molecule has 2 N–H and O–H groups in total. The summed E-state index contributed by atoms with van der Waals surface area (Å²) >= 11 is 0. The van der Waals surface area contributed by atoms with Gasteiger partial charge < -0.3 is 10.3 Å². The lowest BCUT2D eigenvalue weighted by molar-refractivity contribution is 0.283. The molecule has 1 saturated heterocycles. The number of sulfonamides is 1. The van der Waals surface area contributed by atoms with E-state index in [1.165, 1.54) is 10.5 Å². The van der Waals surface area contributed by atoms with E-state index < -0.39 is 10.0 Å². The average Bonchev–Trinajstić information content (AvgIpc) is 2.66. The Morgan fingerprint density at radius 3 is 2.88 bits per heavy atom. The monoisotopic (exact) mass is 244 g/mol. The molecular weight excluding hydrogens is 228 g/mol. The van der Waals surface area contributed by atoms with Crippen molar-refractivity contribution in [3.05, 3.63) is 12.0 Å². The van der Waals surface area contributed by atoms with Gasteiger partial charge in [-0.3, -0.25) is 0 Å². The molecule has 16 heavy (non-hydrogen) atoms. The van der Waals surface area contributed by atoms with Gasteiger partial charge in [0.2, 0.25) is 0 Å². The fraction of sp³-hybridized carbons (Fsp3) is 0.667. The van der Waals surface area contributed by atoms with Crippen molar-refractivity contribution in [3.8, 4) is 0 Å². The summed E-state index contributed by atoms with van der Waals surface area (Å²) < 4.78 is 26.0. The van der Waals surface area contributed by atoms with E-state index in [1.807, 2.05) is 6.92 Å². The minimum Gasteiger partial charge on any atom is -0.332 e. The predicted octanol–water partition coefficient (Wildman–Crippen LogP) is -0.299. The minimum absolute atomic E-state index is 0.0256. The van der Waals surface area contributed by atoms with Gasteiger partial charge in [-0.25, -0.2) is 13.4 Å². The molecule has 90 valence electrons. The van der Waals surface area contributed by atoms with Crippen LogP contribution in [0.25, 0.3) is 0 Å². The second-order valence-corrected chi connectivity index (χ2v) is 5.86. The van der Waals surface area contributed by atoms with Gasteiger partial charge in [-0.2, -0.15) is 4.31 Å². The molecule has 0 amide bonds. The van der Waals surface area contributed by atoms with Gasteiger partial charge in [-0.1, -0.05) is 0 Å². The second-order valence-electron chi connectivity index (χ2n) is 4.00. The first-order valence-corrected chi connectivity index (χ1v) is 6.70. The molecule has 1 atom stereocenters. The number of hydrogen-bond donors (Lipinski definition) is 2. The maximum absolute atomic E-state index is 12.2. The van der Waals surface area contributed by atoms with Crippen LogP contribution in [0.4, 0.5) is 0 Å². The highest BCUT2D eigenvalue weighted by Crippen LogP contribution is 2.17. The number of piperazine rings is 1. The SMILES string of the molecule is Cc1ncc(S(=O)(=O)N2CCNCC2C)[nH]1. The number of hydrogen-bond acceptors (Lipinski definition) is 4. The molecule has 1 aliphatic heterocycles. The fourth-order valence-electron chi connectivity index (χ4n) is 1.84. The van der Waals surface area contributed by atoms with Crippen LogP contribution in [0.15, 0.2) is 11.2 Å². The Morgan fingerprint density at radius 2 is 2.31 bits per heavy atom. The molecule has 1 aromatic rings. The molecule has 0 aromatic carbocycles. The zero-order chi connectivity index (χ0) is 11.8. The van der Waals surface area contributed by atoms with E-state index in [4.69, 9.17) is 0 Å². The van der Waals surface area contributed by atoms with E-state index in [0.29, 0.717) is 25.5 Å². The van der Waals surface area contributed by atoms with Gasteiger partial charge in [0.15, 0.2) is 5.03 Å². The summed E-state index contributed by atoms with van der Waals surface area (Å²) in [7, 11) is -3.42. The van der Waals surface area contributed by atoms with E-state index in [2.05, 4.69) is 15.3 Å². The van der Waals surface area contributed by atoms with E-state index in [-0.39, 0.29) is 11.1 Å². The first kappa shape index (κ1) is 11.6. The number of nitrogens with one attached hydrogen (secondary N) is 2. The number of aryl methyl sites for hydroxylation is 1. The number of H-pyrrole nitrogens is 1. The first-order chi connectivity index (χ1) is 7.51. The maximum Gasteiger partial charge on any atom is 0.260 e. The van der Waals surface area contributed by atoms with Crippen LogP contribution >= 0.6 is 0 Å². The van der Waals surface area contributed by atoms with E-state index in [0.717, 1.165) is 0 Å². The Kier molecular flexibility index (Phi) is 3.00. The van der Waals surface area contributed by atoms with Crippen LogP contribution in [0.5, 0.6) is 0 Å². The van der Waals surface area contributed by atoms with Gasteiger partial charge >= 0.3 is 0 Å². The lowest BCUT2D eigenvalue weighted by Crippen LogP contribution is -2.52. The predicted molar refractivity (Wildman–Crippen MR) is 59.5 cm³/mol. The molecule has 0 aliphatic carbocycles. The Bertz CT molecular complexity index is 468. The molecule has 0 spiro atoms. The van der Waals surface area contributed by atoms with E-state index in [1.54, 1.807) is 6.92 Å². The Hall–Kier alpha value is -0.920. The third kappa shape index (κ3) is 1.98. The number of aromatic amines is 1. The van der Waals surface area contributed by atoms with Crippen LogP contribution in [-0.4, -0.2) is 48.4 Å². The zero-order valence-corrected chi connectivity index (χ0v) is 10.2. The second kappa shape index (κ2) is 4.15. The lowest BCUT2D eigenvalue weighted by Gasteiger charge is -2.32. The van der Waals surface area contributed by atoms with E-state index in [9.17, 15) is 8.42 Å². The molecule has 1 aliphatic rings. The Morgan fingerprint density at radius 1 is 1.56 bits per heavy atom. The third-order valence-electron chi connectivity index (χ3n) is 2.71. The summed E-state index contributed by atoms with van der Waals surface area (Å²) in [6.45, 7) is 5.51. The number of imidazole rings is 1. The molecule has 2 heterocycles. The van der Waals surface area contributed by atoms with Crippen LogP contribution in [0.3, 0.4) is 0 Å². The summed E-state index contributed by atoms with van der Waals surface area (Å²) in [5, 5.41) is 3.34. The smallest absolute Gasteiger partial charge is 0.260 e. The normalized spacial score (nSPS) is 23.5. The molecule has 1 unspecified atom stereocenters. The van der Waals surface area contributed by atoms with Gasteiger partial charge in [0, 0.05) is 25.7 Å². The van der Waals surface area contributed by atoms with Crippen molar-refractivity contribution >= 4 is 10.0 Å². The minimum atomic E-state index is -3.42. The number of aromatic nitrogens is 2. The average molecular weight is 244 g/mol. The van der Waals surface area contributed by atoms with Crippen molar-refractivity contribution in [3.63, 3.8) is 0 Å². The lowest BCUT2D eigenvalue weighted by atomic mass is 10.3. The third-order valence-corrected chi connectivity index (χ3v) is 4.63. The van der Waals surface area contributed by atoms with Gasteiger partial charge in [0.25, 0.3) is 10.0 Å². The number of rotatable bonds is 2. The van der Waals surface area contributed by atoms with Crippen molar-refractivity contribution in [2.75, 3.05) is 19.6 Å². The highest BCUT2D eigenvalue weighted by molar-refractivity contribution is 7.89. The summed E-state index contributed by atoms with van der Waals surface area (Å²) in [4.78, 5) is 6.70. The topological polar surface area (TPSA) is 78.1 Å². The molecule has 1 fully saturated rings. The maximum atomic E-state index is 12.2. The quantitative estimate of drug-likeness (QED) is 0.749. The van der Waals surface area contributed by atoms with E-state index >= 15 is 0 Å². The molecule has 0 saturated carbocycles. The summed E-state index contributed by atoms with van der Waals surface area (Å²) in [6.07, 6.45) is 1.37. The van der Waals surface area contributed by atoms with Crippen LogP contribution in [0.2, 0.25) is 0 Å². The molecule has 7 heteroatoms. The Labute approximate surface area is 95.1 Å². The number of nitrogens with zero attached hydrogens (tertiary/aromatic N) is 2. The zero-order valence-electron chi connectivity index (χ0n) is 9.40. The van der Waals surface area contributed by atoms with Crippen LogP contribution in [0.1, 0.15) is 12.7 Å². The highest BCUT2D eigenvalue weighted by Gasteiger charge is 2.31.